The fourth-order valence-electron chi connectivity index (χ4n) is 3.54. The van der Waals surface area contributed by atoms with Crippen LogP contribution in [0.2, 0.25) is 0 Å². The Morgan fingerprint density at radius 1 is 1.32 bits per heavy atom. The van der Waals surface area contributed by atoms with Crippen molar-refractivity contribution < 1.29 is 9.53 Å². The van der Waals surface area contributed by atoms with E-state index in [-0.39, 0.29) is 22.8 Å². The molecule has 0 aromatic carbocycles. The van der Waals surface area contributed by atoms with Crippen LogP contribution in [0.1, 0.15) is 41.5 Å². The van der Waals surface area contributed by atoms with Gasteiger partial charge in [-0.15, -0.1) is 0 Å². The van der Waals surface area contributed by atoms with E-state index in [0.717, 1.165) is 26.3 Å². The van der Waals surface area contributed by atoms with Crippen LogP contribution in [0.4, 0.5) is 0 Å². The Labute approximate surface area is 135 Å². The van der Waals surface area contributed by atoms with Crippen LogP contribution in [-0.2, 0) is 9.53 Å². The van der Waals surface area contributed by atoms with Crippen LogP contribution in [0.25, 0.3) is 0 Å². The highest BCUT2D eigenvalue weighted by molar-refractivity contribution is 5.83. The molecule has 1 N–H and O–H groups in total. The fourth-order valence-corrected chi connectivity index (χ4v) is 3.54. The molecule has 126 valence electrons. The number of carbonyl (C=O) groups is 1. The lowest BCUT2D eigenvalue weighted by Gasteiger charge is -2.40. The maximum Gasteiger partial charge on any atom is 0.224 e. The number of hydrogen-bond donors (Lipinski definition) is 1. The Hall–Kier alpha value is -0.870. The van der Waals surface area contributed by atoms with E-state index in [4.69, 9.17) is 4.74 Å². The minimum absolute atomic E-state index is 0.0233. The van der Waals surface area contributed by atoms with Crippen LogP contribution in [0.15, 0.2) is 11.6 Å². The highest BCUT2D eigenvalue weighted by atomic mass is 16.5. The summed E-state index contributed by atoms with van der Waals surface area (Å²) < 4.78 is 5.41. The van der Waals surface area contributed by atoms with Crippen molar-refractivity contribution in [3.8, 4) is 0 Å². The zero-order valence-electron chi connectivity index (χ0n) is 15.0. The molecule has 1 saturated heterocycles. The summed E-state index contributed by atoms with van der Waals surface area (Å²) in [6.45, 7) is 17.1. The van der Waals surface area contributed by atoms with Gasteiger partial charge in [-0.2, -0.15) is 0 Å². The number of nitrogens with one attached hydrogen (secondary N) is 1. The molecule has 1 amide bonds. The number of rotatable bonds is 5. The van der Waals surface area contributed by atoms with Crippen molar-refractivity contribution in [2.24, 2.45) is 17.3 Å². The number of nitrogens with zero attached hydrogens (tertiary/aromatic N) is 1. The van der Waals surface area contributed by atoms with E-state index in [1.165, 1.54) is 5.57 Å². The Morgan fingerprint density at radius 3 is 2.45 bits per heavy atom. The number of carbonyl (C=O) groups excluding carboxylic acids is 1. The van der Waals surface area contributed by atoms with Gasteiger partial charge in [-0.25, -0.2) is 0 Å². The van der Waals surface area contributed by atoms with E-state index < -0.39 is 0 Å². The second kappa shape index (κ2) is 6.32. The van der Waals surface area contributed by atoms with Crippen molar-refractivity contribution in [2.75, 3.05) is 32.8 Å². The van der Waals surface area contributed by atoms with Gasteiger partial charge in [0.1, 0.15) is 0 Å². The van der Waals surface area contributed by atoms with Gasteiger partial charge in [-0.3, -0.25) is 9.69 Å². The van der Waals surface area contributed by atoms with Gasteiger partial charge in [0, 0.05) is 25.2 Å². The van der Waals surface area contributed by atoms with Crippen molar-refractivity contribution in [2.45, 2.75) is 47.1 Å². The van der Waals surface area contributed by atoms with Crippen LogP contribution in [0.5, 0.6) is 0 Å². The van der Waals surface area contributed by atoms with Crippen molar-refractivity contribution in [1.29, 1.82) is 0 Å². The Bertz CT molecular complexity index is 444. The van der Waals surface area contributed by atoms with E-state index in [9.17, 15) is 4.79 Å². The molecule has 0 unspecified atom stereocenters. The summed E-state index contributed by atoms with van der Waals surface area (Å²) in [5, 5.41) is 3.19. The molecule has 1 saturated carbocycles. The van der Waals surface area contributed by atoms with Crippen molar-refractivity contribution >= 4 is 5.91 Å². The molecule has 2 fully saturated rings. The summed E-state index contributed by atoms with van der Waals surface area (Å²) in [6.07, 6.45) is 2.25. The molecule has 0 bridgehead atoms. The number of ether oxygens (including phenoxy) is 1. The van der Waals surface area contributed by atoms with E-state index in [1.807, 2.05) is 0 Å². The van der Waals surface area contributed by atoms with Crippen molar-refractivity contribution in [3.05, 3.63) is 11.6 Å². The van der Waals surface area contributed by atoms with Crippen LogP contribution < -0.4 is 5.32 Å². The Morgan fingerprint density at radius 2 is 1.91 bits per heavy atom. The van der Waals surface area contributed by atoms with Gasteiger partial charge in [-0.1, -0.05) is 25.5 Å². The summed E-state index contributed by atoms with van der Waals surface area (Å²) in [7, 11) is 0. The molecule has 0 radical (unpaired) electrons. The lowest BCUT2D eigenvalue weighted by atomic mass is 10.0. The quantitative estimate of drug-likeness (QED) is 0.793. The molecule has 1 heterocycles. The molecule has 2 rings (SSSR count). The molecule has 4 heteroatoms. The van der Waals surface area contributed by atoms with Crippen LogP contribution in [0, 0.1) is 17.3 Å². The van der Waals surface area contributed by atoms with Gasteiger partial charge in [0.25, 0.3) is 0 Å². The third kappa shape index (κ3) is 3.72. The number of morpholine rings is 1. The van der Waals surface area contributed by atoms with Gasteiger partial charge < -0.3 is 10.1 Å². The first-order chi connectivity index (χ1) is 10.2. The van der Waals surface area contributed by atoms with Gasteiger partial charge in [0.15, 0.2) is 0 Å². The van der Waals surface area contributed by atoms with E-state index in [0.29, 0.717) is 12.5 Å². The highest BCUT2D eigenvalue weighted by Crippen LogP contribution is 2.59. The fraction of sp³-hybridized carbons (Fsp3) is 0.833. The Balaban J connectivity index is 1.89. The van der Waals surface area contributed by atoms with Crippen LogP contribution in [0.3, 0.4) is 0 Å². The molecular formula is C18H32N2O2. The van der Waals surface area contributed by atoms with E-state index in [1.54, 1.807) is 0 Å². The zero-order valence-corrected chi connectivity index (χ0v) is 15.0. The molecule has 1 aliphatic carbocycles. The SMILES string of the molecule is CC(C)=C[C@H]1[C@@H](C(=O)NCC(C)(C)N2CCOCC2)C1(C)C. The van der Waals surface area contributed by atoms with Gasteiger partial charge in [0.05, 0.1) is 19.1 Å². The molecule has 0 spiro atoms. The predicted octanol–water partition coefficient (Wildman–Crippen LogP) is 2.45. The molecule has 2 aliphatic rings. The lowest BCUT2D eigenvalue weighted by Crippen LogP contribution is -2.55. The third-order valence-electron chi connectivity index (χ3n) is 5.27. The molecule has 1 aliphatic heterocycles. The molecule has 0 aromatic heterocycles. The van der Waals surface area contributed by atoms with Gasteiger partial charge in [-0.05, 0) is 39.0 Å². The standard InChI is InChI=1S/C18H32N2O2/c1-13(2)11-14-15(18(14,5)6)16(21)19-12-17(3,4)20-7-9-22-10-8-20/h11,14-15H,7-10,12H2,1-6H3,(H,19,21)/t14-,15-/m0/s1. The van der Waals surface area contributed by atoms with Crippen LogP contribution in [-0.4, -0.2) is 49.2 Å². The average molecular weight is 308 g/mol. The lowest BCUT2D eigenvalue weighted by molar-refractivity contribution is -0.123. The van der Waals surface area contributed by atoms with E-state index in [2.05, 4.69) is 57.8 Å². The third-order valence-corrected chi connectivity index (χ3v) is 5.27. The summed E-state index contributed by atoms with van der Waals surface area (Å²) in [4.78, 5) is 15.0. The van der Waals surface area contributed by atoms with Gasteiger partial charge >= 0.3 is 0 Å². The second-order valence-electron chi connectivity index (χ2n) is 8.20. The normalized spacial score (nSPS) is 28.1. The number of hydrogen-bond acceptors (Lipinski definition) is 3. The maximum absolute atomic E-state index is 12.6. The molecule has 4 nitrogen and oxygen atoms in total. The first-order valence-electron chi connectivity index (χ1n) is 8.42. The smallest absolute Gasteiger partial charge is 0.224 e. The summed E-state index contributed by atoms with van der Waals surface area (Å²) in [5.41, 5.74) is 1.36. The summed E-state index contributed by atoms with van der Waals surface area (Å²) in [5.74, 6) is 0.695. The van der Waals surface area contributed by atoms with E-state index >= 15 is 0 Å². The van der Waals surface area contributed by atoms with Crippen LogP contribution >= 0.6 is 0 Å². The Kier molecular flexibility index (Phi) is 5.03. The summed E-state index contributed by atoms with van der Waals surface area (Å²) >= 11 is 0. The molecule has 0 aromatic rings. The zero-order chi connectivity index (χ0) is 16.5. The molecule has 2 atom stereocenters. The first-order valence-corrected chi connectivity index (χ1v) is 8.42. The molecule has 22 heavy (non-hydrogen) atoms. The van der Waals surface area contributed by atoms with Gasteiger partial charge in [0.2, 0.25) is 5.91 Å². The van der Waals surface area contributed by atoms with Crippen molar-refractivity contribution in [3.63, 3.8) is 0 Å². The topological polar surface area (TPSA) is 41.6 Å². The van der Waals surface area contributed by atoms with Crippen molar-refractivity contribution in [1.82, 2.24) is 10.2 Å². The summed E-state index contributed by atoms with van der Waals surface area (Å²) in [6, 6.07) is 0. The highest BCUT2D eigenvalue weighted by Gasteiger charge is 2.60. The average Bonchev–Trinajstić information content (AvgIpc) is 2.97. The first kappa shape index (κ1) is 17.5. The maximum atomic E-state index is 12.6. The minimum Gasteiger partial charge on any atom is -0.379 e. The predicted molar refractivity (Wildman–Crippen MR) is 89.7 cm³/mol. The minimum atomic E-state index is -0.0233. The second-order valence-corrected chi connectivity index (χ2v) is 8.20. The molecular weight excluding hydrogens is 276 g/mol. The largest absolute Gasteiger partial charge is 0.379 e. The number of amides is 1. The number of allylic oxidation sites excluding steroid dienone is 2. The monoisotopic (exact) mass is 308 g/mol.